The van der Waals surface area contributed by atoms with Crippen molar-refractivity contribution >= 4 is 33.3 Å². The predicted octanol–water partition coefficient (Wildman–Crippen LogP) is 4.03. The molecule has 1 aromatic heterocycles. The highest BCUT2D eigenvalue weighted by atomic mass is 35.5. The summed E-state index contributed by atoms with van der Waals surface area (Å²) in [6, 6.07) is 15.0. The summed E-state index contributed by atoms with van der Waals surface area (Å²) < 4.78 is 33.2. The van der Waals surface area contributed by atoms with Gasteiger partial charge in [0.15, 0.2) is 11.6 Å². The van der Waals surface area contributed by atoms with Crippen LogP contribution in [0.2, 0.25) is 5.02 Å². The number of nitrogens with zero attached hydrogens (tertiary/aromatic N) is 1. The SMILES string of the molecule is Cc1c(CS(=O)(=O)NC(=O)c2ccccc2)cccc1[C@@H](C)Oc1cc(Cl)cnc1N. The van der Waals surface area contributed by atoms with Crippen molar-refractivity contribution in [2.75, 3.05) is 5.73 Å². The van der Waals surface area contributed by atoms with Gasteiger partial charge in [0.2, 0.25) is 10.0 Å². The summed E-state index contributed by atoms with van der Waals surface area (Å²) >= 11 is 5.96. The lowest BCUT2D eigenvalue weighted by Crippen LogP contribution is -2.31. The predicted molar refractivity (Wildman–Crippen MR) is 120 cm³/mol. The number of nitrogen functional groups attached to an aromatic ring is 1. The van der Waals surface area contributed by atoms with Crippen LogP contribution in [0.25, 0.3) is 0 Å². The largest absolute Gasteiger partial charge is 0.482 e. The molecule has 1 atom stereocenters. The number of carbonyl (C=O) groups is 1. The first-order chi connectivity index (χ1) is 14.7. The zero-order valence-electron chi connectivity index (χ0n) is 17.0. The normalized spacial score (nSPS) is 12.2. The lowest BCUT2D eigenvalue weighted by molar-refractivity contribution is 0.0981. The molecule has 0 aliphatic carbocycles. The summed E-state index contributed by atoms with van der Waals surface area (Å²) in [6.45, 7) is 3.62. The van der Waals surface area contributed by atoms with Crippen LogP contribution in [-0.2, 0) is 15.8 Å². The Morgan fingerprint density at radius 3 is 2.61 bits per heavy atom. The van der Waals surface area contributed by atoms with Crippen LogP contribution in [0.5, 0.6) is 5.75 Å². The van der Waals surface area contributed by atoms with E-state index >= 15 is 0 Å². The summed E-state index contributed by atoms with van der Waals surface area (Å²) in [5, 5.41) is 0.391. The summed E-state index contributed by atoms with van der Waals surface area (Å²) in [6.07, 6.45) is 0.985. The number of benzene rings is 2. The second kappa shape index (κ2) is 9.36. The molecule has 0 saturated heterocycles. The molecule has 31 heavy (non-hydrogen) atoms. The molecular formula is C22H22ClN3O4S. The monoisotopic (exact) mass is 459 g/mol. The van der Waals surface area contributed by atoms with E-state index < -0.39 is 22.0 Å². The van der Waals surface area contributed by atoms with E-state index in [1.165, 1.54) is 6.20 Å². The highest BCUT2D eigenvalue weighted by Crippen LogP contribution is 2.30. The third-order valence-electron chi connectivity index (χ3n) is 4.71. The van der Waals surface area contributed by atoms with E-state index in [1.54, 1.807) is 55.5 Å². The molecule has 7 nitrogen and oxygen atoms in total. The molecule has 1 amide bonds. The Balaban J connectivity index is 1.78. The first kappa shape index (κ1) is 22.6. The fraction of sp³-hybridized carbons (Fsp3) is 0.182. The van der Waals surface area contributed by atoms with Crippen molar-refractivity contribution in [2.24, 2.45) is 0 Å². The van der Waals surface area contributed by atoms with Crippen molar-refractivity contribution in [3.63, 3.8) is 0 Å². The van der Waals surface area contributed by atoms with E-state index in [9.17, 15) is 13.2 Å². The van der Waals surface area contributed by atoms with Crippen molar-refractivity contribution in [3.8, 4) is 5.75 Å². The summed E-state index contributed by atoms with van der Waals surface area (Å²) in [5.41, 5.74) is 8.19. The number of amides is 1. The van der Waals surface area contributed by atoms with E-state index in [0.29, 0.717) is 16.3 Å². The Bertz CT molecular complexity index is 1200. The average Bonchev–Trinajstić information content (AvgIpc) is 2.72. The number of pyridine rings is 1. The van der Waals surface area contributed by atoms with Crippen LogP contribution in [0.1, 0.15) is 40.1 Å². The van der Waals surface area contributed by atoms with Crippen LogP contribution < -0.4 is 15.2 Å². The fourth-order valence-corrected chi connectivity index (χ4v) is 4.45. The van der Waals surface area contributed by atoms with Crippen molar-refractivity contribution < 1.29 is 17.9 Å². The van der Waals surface area contributed by atoms with E-state index in [4.69, 9.17) is 22.1 Å². The molecule has 3 aromatic rings. The first-order valence-corrected chi connectivity index (χ1v) is 11.5. The van der Waals surface area contributed by atoms with Gasteiger partial charge in [-0.25, -0.2) is 18.1 Å². The smallest absolute Gasteiger partial charge is 0.264 e. The molecule has 0 unspecified atom stereocenters. The third-order valence-corrected chi connectivity index (χ3v) is 6.10. The molecule has 0 fully saturated rings. The number of halogens is 1. The van der Waals surface area contributed by atoms with Gasteiger partial charge in [-0.15, -0.1) is 0 Å². The zero-order chi connectivity index (χ0) is 22.6. The number of hydrogen-bond donors (Lipinski definition) is 2. The minimum absolute atomic E-state index is 0.205. The van der Waals surface area contributed by atoms with Crippen molar-refractivity contribution in [2.45, 2.75) is 25.7 Å². The molecule has 3 N–H and O–H groups in total. The number of anilines is 1. The molecule has 0 bridgehead atoms. The number of ether oxygens (including phenoxy) is 1. The summed E-state index contributed by atoms with van der Waals surface area (Å²) in [4.78, 5) is 16.2. The van der Waals surface area contributed by atoms with E-state index in [2.05, 4.69) is 9.71 Å². The topological polar surface area (TPSA) is 111 Å². The summed E-state index contributed by atoms with van der Waals surface area (Å²) in [7, 11) is -3.91. The number of aromatic nitrogens is 1. The first-order valence-electron chi connectivity index (χ1n) is 9.42. The minimum Gasteiger partial charge on any atom is -0.482 e. The van der Waals surface area contributed by atoms with Gasteiger partial charge in [0.25, 0.3) is 5.91 Å². The van der Waals surface area contributed by atoms with Crippen LogP contribution in [0.4, 0.5) is 5.82 Å². The van der Waals surface area contributed by atoms with Gasteiger partial charge in [0.1, 0.15) is 6.10 Å². The highest BCUT2D eigenvalue weighted by Gasteiger charge is 2.20. The Hall–Kier alpha value is -3.10. The van der Waals surface area contributed by atoms with Crippen LogP contribution in [0.15, 0.2) is 60.8 Å². The lowest BCUT2D eigenvalue weighted by atomic mass is 10.00. The van der Waals surface area contributed by atoms with Crippen LogP contribution in [0.3, 0.4) is 0 Å². The molecule has 0 radical (unpaired) electrons. The standard InChI is InChI=1S/C22H22ClN3O4S/c1-14-17(13-31(28,29)26-22(27)16-7-4-3-5-8-16)9-6-10-19(14)15(2)30-20-11-18(23)12-25-21(20)24/h3-12,15H,13H2,1-2H3,(H2,24,25)(H,26,27)/t15-/m1/s1. The van der Waals surface area contributed by atoms with Gasteiger partial charge in [-0.1, -0.05) is 48.0 Å². The van der Waals surface area contributed by atoms with Crippen molar-refractivity contribution in [1.29, 1.82) is 0 Å². The molecule has 0 aliphatic rings. The Kier molecular flexibility index (Phi) is 6.82. The number of rotatable bonds is 7. The number of nitrogens with two attached hydrogens (primary N) is 1. The number of hydrogen-bond acceptors (Lipinski definition) is 6. The maximum absolute atomic E-state index is 12.6. The third kappa shape index (κ3) is 5.74. The molecule has 2 aromatic carbocycles. The van der Waals surface area contributed by atoms with Gasteiger partial charge in [-0.3, -0.25) is 4.79 Å². The van der Waals surface area contributed by atoms with Gasteiger partial charge in [-0.05, 0) is 42.7 Å². The molecular weight excluding hydrogens is 438 g/mol. The van der Waals surface area contributed by atoms with Crippen molar-refractivity contribution in [3.05, 3.63) is 88.1 Å². The van der Waals surface area contributed by atoms with Crippen LogP contribution in [0, 0.1) is 6.92 Å². The van der Waals surface area contributed by atoms with E-state index in [0.717, 1.165) is 11.1 Å². The molecule has 0 spiro atoms. The van der Waals surface area contributed by atoms with Crippen LogP contribution >= 0.6 is 11.6 Å². The van der Waals surface area contributed by atoms with Gasteiger partial charge in [-0.2, -0.15) is 0 Å². The second-order valence-corrected chi connectivity index (χ2v) is 9.14. The molecule has 0 aliphatic heterocycles. The zero-order valence-corrected chi connectivity index (χ0v) is 18.6. The number of carbonyl (C=O) groups excluding carboxylic acids is 1. The molecule has 3 rings (SSSR count). The molecule has 1 heterocycles. The van der Waals surface area contributed by atoms with Gasteiger partial charge < -0.3 is 10.5 Å². The second-order valence-electron chi connectivity index (χ2n) is 6.98. The van der Waals surface area contributed by atoms with Crippen LogP contribution in [-0.4, -0.2) is 19.3 Å². The highest BCUT2D eigenvalue weighted by molar-refractivity contribution is 7.89. The average molecular weight is 460 g/mol. The minimum atomic E-state index is -3.91. The molecule has 162 valence electrons. The Morgan fingerprint density at radius 2 is 1.90 bits per heavy atom. The number of nitrogens with one attached hydrogen (secondary N) is 1. The number of sulfonamides is 1. The Labute approximate surface area is 186 Å². The van der Waals surface area contributed by atoms with Crippen molar-refractivity contribution in [1.82, 2.24) is 9.71 Å². The molecule has 9 heteroatoms. The summed E-state index contributed by atoms with van der Waals surface area (Å²) in [5.74, 6) is -0.474. The quantitative estimate of drug-likeness (QED) is 0.551. The van der Waals surface area contributed by atoms with Gasteiger partial charge in [0.05, 0.1) is 10.8 Å². The van der Waals surface area contributed by atoms with Gasteiger partial charge in [0, 0.05) is 17.8 Å². The molecule has 0 saturated carbocycles. The van der Waals surface area contributed by atoms with E-state index in [-0.39, 0.29) is 17.1 Å². The van der Waals surface area contributed by atoms with E-state index in [1.807, 2.05) is 13.0 Å². The Morgan fingerprint density at radius 1 is 1.19 bits per heavy atom. The maximum atomic E-state index is 12.6. The van der Waals surface area contributed by atoms with Gasteiger partial charge >= 0.3 is 0 Å². The maximum Gasteiger partial charge on any atom is 0.264 e. The lowest BCUT2D eigenvalue weighted by Gasteiger charge is -2.20. The fourth-order valence-electron chi connectivity index (χ4n) is 3.11.